The summed E-state index contributed by atoms with van der Waals surface area (Å²) in [5.74, 6) is 0. The average molecular weight is 819 g/mol. The Labute approximate surface area is 368 Å². The smallest absolute Gasteiger partial charge is 0.181 e. The van der Waals surface area contributed by atoms with Crippen LogP contribution in [-0.4, -0.2) is 17.2 Å². The number of hydrogen-bond donors (Lipinski definition) is 0. The minimum absolute atomic E-state index is 1.13. The van der Waals surface area contributed by atoms with Gasteiger partial charge in [-0.05, 0) is 79.4 Å². The third-order valence-electron chi connectivity index (χ3n) is 13.1. The molecule has 3 heteroatoms. The van der Waals surface area contributed by atoms with Gasteiger partial charge in [0.25, 0.3) is 0 Å². The molecule has 0 aliphatic carbocycles. The first-order chi connectivity index (χ1) is 31.3. The summed E-state index contributed by atoms with van der Waals surface area (Å²) in [7, 11) is -2.92. The number of para-hydroxylation sites is 3. The van der Waals surface area contributed by atoms with Gasteiger partial charge in [0.2, 0.25) is 0 Å². The van der Waals surface area contributed by atoms with Gasteiger partial charge in [-0.2, -0.15) is 0 Å². The maximum atomic E-state index is 2.56. The van der Waals surface area contributed by atoms with Crippen LogP contribution in [0.4, 0.5) is 0 Å². The molecule has 0 aliphatic heterocycles. The van der Waals surface area contributed by atoms with Crippen molar-refractivity contribution in [1.29, 1.82) is 0 Å². The van der Waals surface area contributed by atoms with Gasteiger partial charge in [0.05, 0.1) is 22.1 Å². The predicted octanol–water partition coefficient (Wildman–Crippen LogP) is 12.6. The fourth-order valence-electron chi connectivity index (χ4n) is 10.3. The lowest BCUT2D eigenvalue weighted by molar-refractivity contribution is 1.16. The summed E-state index contributed by atoms with van der Waals surface area (Å²) in [6.45, 7) is 0. The number of benzene rings is 10. The van der Waals surface area contributed by atoms with Crippen LogP contribution in [0.1, 0.15) is 0 Å². The minimum Gasteiger partial charge on any atom is -0.309 e. The molecule has 12 rings (SSSR count). The Balaban J connectivity index is 1.09. The van der Waals surface area contributed by atoms with E-state index in [0.29, 0.717) is 0 Å². The highest BCUT2D eigenvalue weighted by Gasteiger charge is 2.43. The van der Waals surface area contributed by atoms with Crippen molar-refractivity contribution in [2.75, 3.05) is 0 Å². The average Bonchev–Trinajstić information content (AvgIpc) is 3.89. The first-order valence-corrected chi connectivity index (χ1v) is 23.8. The van der Waals surface area contributed by atoms with Crippen molar-refractivity contribution in [3.8, 4) is 33.6 Å². The molecule has 0 radical (unpaired) electrons. The van der Waals surface area contributed by atoms with E-state index in [1.54, 1.807) is 0 Å². The molecule has 0 N–H and O–H groups in total. The monoisotopic (exact) mass is 818 g/mol. The van der Waals surface area contributed by atoms with Crippen LogP contribution in [0, 0.1) is 0 Å². The second kappa shape index (κ2) is 15.2. The highest BCUT2D eigenvalue weighted by atomic mass is 28.3. The summed E-state index contributed by atoms with van der Waals surface area (Å²) in [4.78, 5) is 0. The van der Waals surface area contributed by atoms with E-state index in [4.69, 9.17) is 0 Å². The molecule has 0 saturated heterocycles. The first-order valence-electron chi connectivity index (χ1n) is 21.8. The Morgan fingerprint density at radius 2 is 0.651 bits per heavy atom. The Hall–Kier alpha value is -7.98. The second-order valence-electron chi connectivity index (χ2n) is 16.4. The van der Waals surface area contributed by atoms with Crippen LogP contribution in [0.3, 0.4) is 0 Å². The molecular weight excluding hydrogens is 777 g/mol. The van der Waals surface area contributed by atoms with Crippen molar-refractivity contribution >= 4 is 72.4 Å². The van der Waals surface area contributed by atoms with E-state index in [1.807, 2.05) is 0 Å². The molecule has 12 aromatic rings. The molecule has 10 aromatic carbocycles. The molecular formula is C60H42N2Si. The van der Waals surface area contributed by atoms with E-state index in [0.717, 1.165) is 11.4 Å². The number of hydrogen-bond acceptors (Lipinski definition) is 0. The van der Waals surface area contributed by atoms with Crippen LogP contribution >= 0.6 is 0 Å². The third-order valence-corrected chi connectivity index (χ3v) is 17.9. The molecule has 2 aromatic heterocycles. The molecule has 0 spiro atoms. The predicted molar refractivity (Wildman–Crippen MR) is 270 cm³/mol. The molecule has 63 heavy (non-hydrogen) atoms. The Morgan fingerprint density at radius 3 is 1.21 bits per heavy atom. The molecule has 0 fully saturated rings. The van der Waals surface area contributed by atoms with Gasteiger partial charge < -0.3 is 9.13 Å². The molecule has 0 aliphatic rings. The zero-order valence-electron chi connectivity index (χ0n) is 34.6. The third kappa shape index (κ3) is 5.93. The lowest BCUT2D eigenvalue weighted by atomic mass is 10.0. The van der Waals surface area contributed by atoms with E-state index in [1.165, 1.54) is 86.6 Å². The molecule has 2 nitrogen and oxygen atoms in total. The molecule has 0 saturated carbocycles. The lowest BCUT2D eigenvalue weighted by Crippen LogP contribution is -2.75. The van der Waals surface area contributed by atoms with Gasteiger partial charge in [0, 0.05) is 32.9 Å². The molecule has 2 heterocycles. The van der Waals surface area contributed by atoms with Crippen LogP contribution in [0.15, 0.2) is 255 Å². The molecule has 0 atom stereocenters. The van der Waals surface area contributed by atoms with Crippen molar-refractivity contribution in [1.82, 2.24) is 9.13 Å². The normalized spacial score (nSPS) is 11.8. The number of aromatic nitrogens is 2. The summed E-state index contributed by atoms with van der Waals surface area (Å²) < 4.78 is 5.00. The highest BCUT2D eigenvalue weighted by molar-refractivity contribution is 7.20. The van der Waals surface area contributed by atoms with E-state index in [9.17, 15) is 0 Å². The van der Waals surface area contributed by atoms with Gasteiger partial charge in [-0.15, -0.1) is 0 Å². The minimum atomic E-state index is -2.92. The maximum Gasteiger partial charge on any atom is 0.181 e. The topological polar surface area (TPSA) is 9.86 Å². The van der Waals surface area contributed by atoms with Crippen LogP contribution in [0.5, 0.6) is 0 Å². The highest BCUT2D eigenvalue weighted by Crippen LogP contribution is 2.37. The van der Waals surface area contributed by atoms with Gasteiger partial charge in [-0.25, -0.2) is 0 Å². The van der Waals surface area contributed by atoms with Gasteiger partial charge in [-0.3, -0.25) is 0 Å². The van der Waals surface area contributed by atoms with E-state index < -0.39 is 8.07 Å². The fraction of sp³-hybridized carbons (Fsp3) is 0. The molecule has 0 bridgehead atoms. The zero-order valence-corrected chi connectivity index (χ0v) is 35.6. The van der Waals surface area contributed by atoms with E-state index in [2.05, 4.69) is 264 Å². The van der Waals surface area contributed by atoms with Crippen molar-refractivity contribution in [3.63, 3.8) is 0 Å². The van der Waals surface area contributed by atoms with Crippen molar-refractivity contribution in [3.05, 3.63) is 255 Å². The summed E-state index contributed by atoms with van der Waals surface area (Å²) in [6.07, 6.45) is 0. The van der Waals surface area contributed by atoms with Gasteiger partial charge >= 0.3 is 0 Å². The van der Waals surface area contributed by atoms with Crippen molar-refractivity contribution in [2.24, 2.45) is 0 Å². The Kier molecular flexibility index (Phi) is 8.87. The number of nitrogens with zero attached hydrogens (tertiary/aromatic N) is 2. The molecule has 0 unspecified atom stereocenters. The SMILES string of the molecule is c1ccc(-c2ccc(-c3ccc(-n4c5ccccc5c5ccc(-n6c7ccccc7c7cccc([Si](c8ccccc8)(c8ccccc8)c8ccccc8)c76)cc54)cc3)cc2)cc1. The quantitative estimate of drug-likeness (QED) is 0.107. The molecule has 296 valence electrons. The van der Waals surface area contributed by atoms with Gasteiger partial charge in [-0.1, -0.05) is 218 Å². The largest absolute Gasteiger partial charge is 0.309 e. The zero-order chi connectivity index (χ0) is 41.7. The standard InChI is InChI=1S/C60H42N2Si/c1-5-18-43(19-6-1)44-32-34-45(35-33-44)46-36-38-47(39-37-46)61-56-29-15-13-26-52(56)54-41-40-48(42-58(54)61)62-57-30-16-14-27-53(57)55-28-17-31-59(60(55)62)63(49-20-7-2-8-21-49,50-22-9-3-10-23-50)51-24-11-4-12-25-51/h1-42H. The van der Waals surface area contributed by atoms with Gasteiger partial charge in [0.1, 0.15) is 0 Å². The summed E-state index contributed by atoms with van der Waals surface area (Å²) in [5.41, 5.74) is 11.9. The van der Waals surface area contributed by atoms with Crippen molar-refractivity contribution < 1.29 is 0 Å². The van der Waals surface area contributed by atoms with Crippen LogP contribution < -0.4 is 20.7 Å². The fourth-order valence-corrected chi connectivity index (χ4v) is 15.2. The van der Waals surface area contributed by atoms with Gasteiger partial charge in [0.15, 0.2) is 8.07 Å². The van der Waals surface area contributed by atoms with Crippen LogP contribution in [0.2, 0.25) is 0 Å². The summed E-state index contributed by atoms with van der Waals surface area (Å²) >= 11 is 0. The maximum absolute atomic E-state index is 2.92. The Morgan fingerprint density at radius 1 is 0.254 bits per heavy atom. The summed E-state index contributed by atoms with van der Waals surface area (Å²) in [6, 6.07) is 94.2. The van der Waals surface area contributed by atoms with E-state index >= 15 is 0 Å². The Bertz CT molecular complexity index is 3480. The number of fused-ring (bicyclic) bond motifs is 6. The molecule has 0 amide bonds. The first kappa shape index (κ1) is 36.8. The summed E-state index contributed by atoms with van der Waals surface area (Å²) in [5, 5.41) is 10.4. The van der Waals surface area contributed by atoms with Crippen LogP contribution in [0.25, 0.3) is 77.2 Å². The van der Waals surface area contributed by atoms with Crippen molar-refractivity contribution in [2.45, 2.75) is 0 Å². The van der Waals surface area contributed by atoms with E-state index in [-0.39, 0.29) is 0 Å². The number of rotatable bonds is 8. The van der Waals surface area contributed by atoms with Crippen LogP contribution in [-0.2, 0) is 0 Å². The second-order valence-corrected chi connectivity index (χ2v) is 20.2. The lowest BCUT2D eigenvalue weighted by Gasteiger charge is -2.35.